The van der Waals surface area contributed by atoms with Gasteiger partial charge in [-0.2, -0.15) is 0 Å². The first-order valence-corrected chi connectivity index (χ1v) is 7.67. The van der Waals surface area contributed by atoms with Crippen LogP contribution in [0, 0.1) is 0 Å². The second-order valence-electron chi connectivity index (χ2n) is 4.86. The molecule has 0 saturated heterocycles. The third kappa shape index (κ3) is 4.44. The van der Waals surface area contributed by atoms with Gasteiger partial charge >= 0.3 is 0 Å². The van der Waals surface area contributed by atoms with E-state index in [4.69, 9.17) is 0 Å². The van der Waals surface area contributed by atoms with Crippen LogP contribution in [0.25, 0.3) is 0 Å². The van der Waals surface area contributed by atoms with Crippen molar-refractivity contribution in [1.29, 1.82) is 0 Å². The Labute approximate surface area is 116 Å². The summed E-state index contributed by atoms with van der Waals surface area (Å²) in [6.07, 6.45) is 2.53. The fourth-order valence-electron chi connectivity index (χ4n) is 1.58. The number of thiazole rings is 1. The molecule has 1 aromatic carbocycles. The van der Waals surface area contributed by atoms with Crippen molar-refractivity contribution in [3.8, 4) is 0 Å². The average Bonchev–Trinajstić information content (AvgIpc) is 2.73. The van der Waals surface area contributed by atoms with Crippen molar-refractivity contribution in [2.75, 3.05) is 0 Å². The predicted molar refractivity (Wildman–Crippen MR) is 78.1 cm³/mol. The molecule has 2 nitrogen and oxygen atoms in total. The minimum absolute atomic E-state index is 0.659. The van der Waals surface area contributed by atoms with Gasteiger partial charge < -0.3 is 5.11 Å². The highest BCUT2D eigenvalue weighted by Crippen LogP contribution is 2.28. The van der Waals surface area contributed by atoms with Gasteiger partial charge in [0.25, 0.3) is 0 Å². The summed E-state index contributed by atoms with van der Waals surface area (Å²) in [6, 6.07) is 10.4. The molecule has 4 heteroatoms. The van der Waals surface area contributed by atoms with E-state index >= 15 is 0 Å². The molecule has 0 spiro atoms. The van der Waals surface area contributed by atoms with Crippen molar-refractivity contribution in [1.82, 2.24) is 4.98 Å². The van der Waals surface area contributed by atoms with Crippen LogP contribution in [-0.4, -0.2) is 15.7 Å². The fourth-order valence-corrected chi connectivity index (χ4v) is 3.79. The molecule has 1 aromatic heterocycles. The summed E-state index contributed by atoms with van der Waals surface area (Å²) in [5, 5.41) is 9.76. The van der Waals surface area contributed by atoms with Crippen LogP contribution in [0.5, 0.6) is 0 Å². The van der Waals surface area contributed by atoms with E-state index in [1.807, 2.05) is 26.1 Å². The lowest BCUT2D eigenvalue weighted by atomic mass is 10.1. The normalized spacial score (nSPS) is 11.7. The average molecular weight is 279 g/mol. The standard InChI is InChI=1S/C14H17NOS2/c1-14(2,16)8-12-9-15-13(18-12)17-10-11-6-4-3-5-7-11/h3-7,9,16H,8,10H2,1-2H3. The number of thioether (sulfide) groups is 1. The minimum Gasteiger partial charge on any atom is -0.390 e. The first-order valence-electron chi connectivity index (χ1n) is 5.87. The highest BCUT2D eigenvalue weighted by molar-refractivity contribution is 8.00. The summed E-state index contributed by atoms with van der Waals surface area (Å²) in [4.78, 5) is 5.52. The maximum Gasteiger partial charge on any atom is 0.150 e. The minimum atomic E-state index is -0.659. The third-order valence-corrected chi connectivity index (χ3v) is 4.57. The van der Waals surface area contributed by atoms with Gasteiger partial charge in [-0.15, -0.1) is 11.3 Å². The molecule has 0 aliphatic rings. The highest BCUT2D eigenvalue weighted by atomic mass is 32.2. The van der Waals surface area contributed by atoms with E-state index < -0.39 is 5.60 Å². The molecule has 18 heavy (non-hydrogen) atoms. The Balaban J connectivity index is 1.91. The molecule has 0 saturated carbocycles. The lowest BCUT2D eigenvalue weighted by Crippen LogP contribution is -2.21. The van der Waals surface area contributed by atoms with Crippen molar-refractivity contribution >= 4 is 23.1 Å². The lowest BCUT2D eigenvalue weighted by molar-refractivity contribution is 0.0818. The Kier molecular flexibility index (Phi) is 4.43. The predicted octanol–water partition coefficient (Wildman–Crippen LogP) is 3.75. The largest absolute Gasteiger partial charge is 0.390 e. The maximum absolute atomic E-state index is 9.76. The van der Waals surface area contributed by atoms with Gasteiger partial charge in [0.1, 0.15) is 4.34 Å². The molecule has 0 aliphatic carbocycles. The summed E-state index contributed by atoms with van der Waals surface area (Å²) in [5.74, 6) is 0.941. The van der Waals surface area contributed by atoms with Gasteiger partial charge in [-0.1, -0.05) is 42.1 Å². The SMILES string of the molecule is CC(C)(O)Cc1cnc(SCc2ccccc2)s1. The van der Waals surface area contributed by atoms with E-state index in [9.17, 15) is 5.11 Å². The highest BCUT2D eigenvalue weighted by Gasteiger charge is 2.15. The van der Waals surface area contributed by atoms with Crippen LogP contribution in [0.4, 0.5) is 0 Å². The smallest absolute Gasteiger partial charge is 0.150 e. The van der Waals surface area contributed by atoms with Gasteiger partial charge in [0, 0.05) is 23.2 Å². The molecule has 0 fully saturated rings. The number of rotatable bonds is 5. The molecule has 1 heterocycles. The Hall–Kier alpha value is -0.840. The zero-order valence-electron chi connectivity index (χ0n) is 10.6. The molecular formula is C14H17NOS2. The second-order valence-corrected chi connectivity index (χ2v) is 7.19. The maximum atomic E-state index is 9.76. The van der Waals surface area contributed by atoms with E-state index in [1.54, 1.807) is 23.1 Å². The van der Waals surface area contributed by atoms with Crippen molar-refractivity contribution in [3.05, 3.63) is 47.0 Å². The van der Waals surface area contributed by atoms with Crippen molar-refractivity contribution in [2.45, 2.75) is 36.0 Å². The molecule has 2 aromatic rings. The van der Waals surface area contributed by atoms with Crippen molar-refractivity contribution in [3.63, 3.8) is 0 Å². The molecule has 0 aliphatic heterocycles. The number of nitrogens with zero attached hydrogens (tertiary/aromatic N) is 1. The summed E-state index contributed by atoms with van der Waals surface area (Å²) >= 11 is 3.42. The fraction of sp³-hybridized carbons (Fsp3) is 0.357. The number of aliphatic hydroxyl groups is 1. The van der Waals surface area contributed by atoms with Crippen LogP contribution < -0.4 is 0 Å². The first kappa shape index (κ1) is 13.6. The Morgan fingerprint density at radius 1 is 1.28 bits per heavy atom. The van der Waals surface area contributed by atoms with E-state index in [2.05, 4.69) is 29.2 Å². The lowest BCUT2D eigenvalue weighted by Gasteiger charge is -2.14. The van der Waals surface area contributed by atoms with E-state index in [1.165, 1.54) is 5.56 Å². The van der Waals surface area contributed by atoms with Crippen LogP contribution in [0.15, 0.2) is 40.9 Å². The van der Waals surface area contributed by atoms with Crippen LogP contribution in [0.1, 0.15) is 24.3 Å². The molecule has 0 unspecified atom stereocenters. The van der Waals surface area contributed by atoms with Crippen LogP contribution in [0.2, 0.25) is 0 Å². The number of benzene rings is 1. The molecule has 0 bridgehead atoms. The van der Waals surface area contributed by atoms with Crippen molar-refractivity contribution < 1.29 is 5.11 Å². The zero-order valence-corrected chi connectivity index (χ0v) is 12.2. The van der Waals surface area contributed by atoms with E-state index in [0.717, 1.165) is 15.0 Å². The zero-order chi connectivity index (χ0) is 13.0. The van der Waals surface area contributed by atoms with Gasteiger partial charge in [-0.3, -0.25) is 0 Å². The number of aromatic nitrogens is 1. The Morgan fingerprint density at radius 3 is 2.67 bits per heavy atom. The number of hydrogen-bond acceptors (Lipinski definition) is 4. The van der Waals surface area contributed by atoms with E-state index in [-0.39, 0.29) is 0 Å². The summed E-state index contributed by atoms with van der Waals surface area (Å²) in [7, 11) is 0. The topological polar surface area (TPSA) is 33.1 Å². The number of hydrogen-bond donors (Lipinski definition) is 1. The monoisotopic (exact) mass is 279 g/mol. The van der Waals surface area contributed by atoms with Gasteiger partial charge in [-0.25, -0.2) is 4.98 Å². The quantitative estimate of drug-likeness (QED) is 0.846. The molecule has 2 rings (SSSR count). The van der Waals surface area contributed by atoms with Gasteiger partial charge in [-0.05, 0) is 19.4 Å². The molecule has 1 N–H and O–H groups in total. The summed E-state index contributed by atoms with van der Waals surface area (Å²) in [6.45, 7) is 3.65. The molecule has 0 radical (unpaired) electrons. The van der Waals surface area contributed by atoms with Crippen LogP contribution >= 0.6 is 23.1 Å². The van der Waals surface area contributed by atoms with Crippen molar-refractivity contribution in [2.24, 2.45) is 0 Å². The third-order valence-electron chi connectivity index (χ3n) is 2.34. The Bertz CT molecular complexity index is 488. The summed E-state index contributed by atoms with van der Waals surface area (Å²) in [5.41, 5.74) is 0.648. The second kappa shape index (κ2) is 5.87. The van der Waals surface area contributed by atoms with Gasteiger partial charge in [0.15, 0.2) is 0 Å². The van der Waals surface area contributed by atoms with E-state index in [0.29, 0.717) is 6.42 Å². The molecular weight excluding hydrogens is 262 g/mol. The molecule has 0 atom stereocenters. The van der Waals surface area contributed by atoms with Crippen LogP contribution in [0.3, 0.4) is 0 Å². The molecule has 96 valence electrons. The first-order chi connectivity index (χ1) is 8.53. The van der Waals surface area contributed by atoms with Gasteiger partial charge in [0.2, 0.25) is 0 Å². The Morgan fingerprint density at radius 2 is 2.00 bits per heavy atom. The molecule has 0 amide bonds. The van der Waals surface area contributed by atoms with Crippen LogP contribution in [-0.2, 0) is 12.2 Å². The van der Waals surface area contributed by atoms with Gasteiger partial charge in [0.05, 0.1) is 5.60 Å². The summed E-state index contributed by atoms with van der Waals surface area (Å²) < 4.78 is 1.07.